The highest BCUT2D eigenvalue weighted by Gasteiger charge is 2.39. The summed E-state index contributed by atoms with van der Waals surface area (Å²) in [5.41, 5.74) is 0.327. The van der Waals surface area contributed by atoms with Crippen LogP contribution in [0.2, 0.25) is 0 Å². The van der Waals surface area contributed by atoms with Gasteiger partial charge in [0.05, 0.1) is 11.1 Å². The monoisotopic (exact) mass is 497 g/mol. The fourth-order valence-corrected chi connectivity index (χ4v) is 3.76. The van der Waals surface area contributed by atoms with Gasteiger partial charge in [0.1, 0.15) is 0 Å². The maximum atomic E-state index is 13.4. The van der Waals surface area contributed by atoms with Crippen molar-refractivity contribution < 1.29 is 27.6 Å². The molecule has 11 heteroatoms. The van der Waals surface area contributed by atoms with Crippen LogP contribution in [0.15, 0.2) is 60.7 Å². The molecule has 0 radical (unpaired) electrons. The minimum atomic E-state index is -4.74. The van der Waals surface area contributed by atoms with Crippen LogP contribution in [0.25, 0.3) is 0 Å². The Morgan fingerprint density at radius 1 is 0.972 bits per heavy atom. The summed E-state index contributed by atoms with van der Waals surface area (Å²) >= 11 is 0. The molecule has 1 aliphatic rings. The molecule has 0 atom stereocenters. The van der Waals surface area contributed by atoms with Crippen LogP contribution >= 0.6 is 0 Å². The Labute approximate surface area is 204 Å². The summed E-state index contributed by atoms with van der Waals surface area (Å²) in [6, 6.07) is 14.0. The first kappa shape index (κ1) is 24.8. The molecular formula is C25H22F3N5O3. The molecule has 0 saturated carbocycles. The summed E-state index contributed by atoms with van der Waals surface area (Å²) < 4.78 is 40.1. The number of hydrogen-bond donors (Lipinski definition) is 1. The molecule has 1 fully saturated rings. The summed E-state index contributed by atoms with van der Waals surface area (Å²) in [6.45, 7) is 2.41. The first-order chi connectivity index (χ1) is 17.1. The van der Waals surface area contributed by atoms with Gasteiger partial charge in [0.15, 0.2) is 11.5 Å². The van der Waals surface area contributed by atoms with Gasteiger partial charge in [0.25, 0.3) is 11.8 Å². The molecule has 0 bridgehead atoms. The summed E-state index contributed by atoms with van der Waals surface area (Å²) in [7, 11) is 0. The average molecular weight is 497 g/mol. The van der Waals surface area contributed by atoms with Crippen molar-refractivity contribution in [3.05, 3.63) is 88.6 Å². The number of imide groups is 1. The van der Waals surface area contributed by atoms with Crippen LogP contribution in [-0.2, 0) is 12.7 Å². The quantitative estimate of drug-likeness (QED) is 0.570. The van der Waals surface area contributed by atoms with Crippen molar-refractivity contribution in [1.29, 1.82) is 0 Å². The van der Waals surface area contributed by atoms with Crippen LogP contribution in [0.3, 0.4) is 0 Å². The highest BCUT2D eigenvalue weighted by molar-refractivity contribution is 6.09. The third-order valence-corrected chi connectivity index (χ3v) is 5.67. The van der Waals surface area contributed by atoms with E-state index in [1.165, 1.54) is 24.3 Å². The zero-order chi connectivity index (χ0) is 25.9. The van der Waals surface area contributed by atoms with Gasteiger partial charge in [-0.15, -0.1) is 10.2 Å². The van der Waals surface area contributed by atoms with Crippen molar-refractivity contribution in [1.82, 2.24) is 20.4 Å². The molecule has 2 aromatic carbocycles. The SMILES string of the molecule is Cc1ccc(CNC(=O)c2ccc(N3CCCN(C(=O)c4ccccc4C(F)(F)F)C3=O)nn2)cc1. The number of halogens is 3. The van der Waals surface area contributed by atoms with E-state index in [1.54, 1.807) is 0 Å². The molecule has 0 aliphatic carbocycles. The van der Waals surface area contributed by atoms with E-state index in [9.17, 15) is 27.6 Å². The van der Waals surface area contributed by atoms with Gasteiger partial charge in [-0.2, -0.15) is 13.2 Å². The van der Waals surface area contributed by atoms with Crippen molar-refractivity contribution in [2.24, 2.45) is 0 Å². The summed E-state index contributed by atoms with van der Waals surface area (Å²) in [6.07, 6.45) is -4.42. The standard InChI is InChI=1S/C25H22F3N5O3/c1-16-7-9-17(10-8-16)15-29-22(34)20-11-12-21(31-30-20)32-13-4-14-33(24(32)36)23(35)18-5-2-3-6-19(18)25(26,27)28/h2-3,5-12H,4,13-15H2,1H3,(H,29,34). The number of carbonyl (C=O) groups excluding carboxylic acids is 3. The van der Waals surface area contributed by atoms with E-state index in [1.807, 2.05) is 31.2 Å². The van der Waals surface area contributed by atoms with Crippen molar-refractivity contribution in [3.63, 3.8) is 0 Å². The Morgan fingerprint density at radius 3 is 2.36 bits per heavy atom. The predicted octanol–water partition coefficient (Wildman–Crippen LogP) is 4.21. The summed E-state index contributed by atoms with van der Waals surface area (Å²) in [5, 5.41) is 10.6. The van der Waals surface area contributed by atoms with Gasteiger partial charge >= 0.3 is 12.2 Å². The lowest BCUT2D eigenvalue weighted by Gasteiger charge is -2.33. The first-order valence-electron chi connectivity index (χ1n) is 11.1. The first-order valence-corrected chi connectivity index (χ1v) is 11.1. The molecular weight excluding hydrogens is 475 g/mol. The second-order valence-electron chi connectivity index (χ2n) is 8.23. The van der Waals surface area contributed by atoms with Crippen LogP contribution in [0, 0.1) is 6.92 Å². The lowest BCUT2D eigenvalue weighted by atomic mass is 10.1. The van der Waals surface area contributed by atoms with Crippen molar-refractivity contribution in [3.8, 4) is 0 Å². The number of benzene rings is 2. The second kappa shape index (κ2) is 10.1. The number of urea groups is 1. The fourth-order valence-electron chi connectivity index (χ4n) is 3.76. The zero-order valence-electron chi connectivity index (χ0n) is 19.2. The molecule has 1 aliphatic heterocycles. The number of rotatable bonds is 5. The van der Waals surface area contributed by atoms with Gasteiger partial charge in [-0.25, -0.2) is 4.79 Å². The number of nitrogens with zero attached hydrogens (tertiary/aromatic N) is 4. The summed E-state index contributed by atoms with van der Waals surface area (Å²) in [5.74, 6) is -1.42. The van der Waals surface area contributed by atoms with Crippen LogP contribution in [-0.4, -0.2) is 46.0 Å². The number of hydrogen-bond acceptors (Lipinski definition) is 5. The number of aryl methyl sites for hydroxylation is 1. The normalized spacial score (nSPS) is 14.1. The average Bonchev–Trinajstić information content (AvgIpc) is 2.87. The molecule has 3 aromatic rings. The lowest BCUT2D eigenvalue weighted by Crippen LogP contribution is -2.52. The van der Waals surface area contributed by atoms with Crippen LogP contribution in [0.5, 0.6) is 0 Å². The molecule has 186 valence electrons. The smallest absolute Gasteiger partial charge is 0.347 e. The molecule has 1 aromatic heterocycles. The van der Waals surface area contributed by atoms with Gasteiger partial charge in [-0.05, 0) is 43.2 Å². The highest BCUT2D eigenvalue weighted by atomic mass is 19.4. The third kappa shape index (κ3) is 5.35. The molecule has 8 nitrogen and oxygen atoms in total. The molecule has 0 unspecified atom stereocenters. The highest BCUT2D eigenvalue weighted by Crippen LogP contribution is 2.33. The number of amides is 4. The fraction of sp³-hybridized carbons (Fsp3) is 0.240. The molecule has 4 amide bonds. The maximum Gasteiger partial charge on any atom is 0.417 e. The number of alkyl halides is 3. The Hall–Kier alpha value is -4.28. The zero-order valence-corrected chi connectivity index (χ0v) is 19.2. The minimum absolute atomic E-state index is 0.0300. The van der Waals surface area contributed by atoms with Crippen molar-refractivity contribution in [2.75, 3.05) is 18.0 Å². The lowest BCUT2D eigenvalue weighted by molar-refractivity contribution is -0.138. The van der Waals surface area contributed by atoms with Gasteiger partial charge in [0.2, 0.25) is 0 Å². The number of nitrogens with one attached hydrogen (secondary N) is 1. The van der Waals surface area contributed by atoms with Gasteiger partial charge in [0, 0.05) is 19.6 Å². The van der Waals surface area contributed by atoms with Crippen molar-refractivity contribution in [2.45, 2.75) is 26.1 Å². The third-order valence-electron chi connectivity index (χ3n) is 5.67. The van der Waals surface area contributed by atoms with Crippen molar-refractivity contribution >= 4 is 23.7 Å². The van der Waals surface area contributed by atoms with Gasteiger partial charge < -0.3 is 5.32 Å². The summed E-state index contributed by atoms with van der Waals surface area (Å²) in [4.78, 5) is 40.2. The van der Waals surface area contributed by atoms with E-state index in [4.69, 9.17) is 0 Å². The number of carbonyl (C=O) groups is 3. The van der Waals surface area contributed by atoms with E-state index in [-0.39, 0.29) is 24.6 Å². The molecule has 2 heterocycles. The predicted molar refractivity (Wildman–Crippen MR) is 124 cm³/mol. The maximum absolute atomic E-state index is 13.4. The Kier molecular flexibility index (Phi) is 7.00. The number of aromatic nitrogens is 2. The van der Waals surface area contributed by atoms with E-state index in [0.717, 1.165) is 33.1 Å². The minimum Gasteiger partial charge on any atom is -0.347 e. The Morgan fingerprint density at radius 2 is 1.69 bits per heavy atom. The van der Waals surface area contributed by atoms with E-state index >= 15 is 0 Å². The Balaban J connectivity index is 1.46. The van der Waals surface area contributed by atoms with E-state index in [2.05, 4.69) is 15.5 Å². The van der Waals surface area contributed by atoms with Crippen LogP contribution in [0.1, 0.15) is 44.0 Å². The van der Waals surface area contributed by atoms with Gasteiger partial charge in [-0.1, -0.05) is 42.0 Å². The molecule has 1 saturated heterocycles. The number of anilines is 1. The van der Waals surface area contributed by atoms with E-state index < -0.39 is 35.1 Å². The van der Waals surface area contributed by atoms with Crippen LogP contribution in [0.4, 0.5) is 23.8 Å². The Bertz CT molecular complexity index is 1280. The van der Waals surface area contributed by atoms with Gasteiger partial charge in [-0.3, -0.25) is 19.4 Å². The molecule has 36 heavy (non-hydrogen) atoms. The molecule has 4 rings (SSSR count). The topological polar surface area (TPSA) is 95.5 Å². The van der Waals surface area contributed by atoms with Crippen LogP contribution < -0.4 is 10.2 Å². The van der Waals surface area contributed by atoms with E-state index in [0.29, 0.717) is 13.0 Å². The molecule has 1 N–H and O–H groups in total. The largest absolute Gasteiger partial charge is 0.417 e. The molecule has 0 spiro atoms. The second-order valence-corrected chi connectivity index (χ2v) is 8.23.